The predicted octanol–water partition coefficient (Wildman–Crippen LogP) is 1.53. The zero-order chi connectivity index (χ0) is 15.2. The minimum Gasteiger partial charge on any atom is -0.452 e. The summed E-state index contributed by atoms with van der Waals surface area (Å²) >= 11 is 0. The second-order valence-electron chi connectivity index (χ2n) is 4.51. The highest BCUT2D eigenvalue weighted by Crippen LogP contribution is 2.06. The van der Waals surface area contributed by atoms with Gasteiger partial charge >= 0.3 is 12.1 Å². The van der Waals surface area contributed by atoms with Crippen molar-refractivity contribution in [1.29, 1.82) is 0 Å². The standard InChI is InChI=1S/C15H15NO5/c1-11-2-4-12(5-3-11)6-7-14(18)21-10-13(17)16-8-9-20-15(16)19/h2-7H,8-10H2,1H3/b7-6+. The molecule has 0 aromatic heterocycles. The predicted molar refractivity (Wildman–Crippen MR) is 74.2 cm³/mol. The quantitative estimate of drug-likeness (QED) is 0.621. The molecule has 0 atom stereocenters. The van der Waals surface area contributed by atoms with Gasteiger partial charge < -0.3 is 9.47 Å². The molecule has 0 saturated carbocycles. The maximum atomic E-state index is 11.6. The number of ether oxygens (including phenoxy) is 2. The first-order chi connectivity index (χ1) is 10.1. The molecule has 1 saturated heterocycles. The van der Waals surface area contributed by atoms with Crippen molar-refractivity contribution in [3.63, 3.8) is 0 Å². The molecule has 6 nitrogen and oxygen atoms in total. The Hall–Kier alpha value is -2.63. The van der Waals surface area contributed by atoms with Gasteiger partial charge in [0.1, 0.15) is 6.61 Å². The first kappa shape index (κ1) is 14.8. The van der Waals surface area contributed by atoms with Crippen LogP contribution in [0.3, 0.4) is 0 Å². The molecule has 0 unspecified atom stereocenters. The Morgan fingerprint density at radius 1 is 1.33 bits per heavy atom. The molecule has 2 amide bonds. The Kier molecular flexibility index (Phi) is 4.71. The van der Waals surface area contributed by atoms with Gasteiger partial charge in [-0.3, -0.25) is 4.79 Å². The third-order valence-electron chi connectivity index (χ3n) is 2.89. The number of aryl methyl sites for hydroxylation is 1. The molecule has 0 N–H and O–H groups in total. The largest absolute Gasteiger partial charge is 0.452 e. The van der Waals surface area contributed by atoms with Gasteiger partial charge in [0, 0.05) is 6.08 Å². The number of cyclic esters (lactones) is 1. The zero-order valence-electron chi connectivity index (χ0n) is 11.6. The Morgan fingerprint density at radius 2 is 2.05 bits per heavy atom. The Morgan fingerprint density at radius 3 is 2.67 bits per heavy atom. The molecular weight excluding hydrogens is 274 g/mol. The molecule has 1 aliphatic rings. The van der Waals surface area contributed by atoms with Crippen molar-refractivity contribution >= 4 is 24.0 Å². The normalized spacial score (nSPS) is 14.3. The maximum Gasteiger partial charge on any atom is 0.416 e. The van der Waals surface area contributed by atoms with E-state index in [-0.39, 0.29) is 13.2 Å². The summed E-state index contributed by atoms with van der Waals surface area (Å²) in [6.45, 7) is 1.85. The number of carbonyl (C=O) groups excluding carboxylic acids is 3. The van der Waals surface area contributed by atoms with Gasteiger partial charge in [-0.15, -0.1) is 0 Å². The Labute approximate surface area is 121 Å². The van der Waals surface area contributed by atoms with Gasteiger partial charge in [0.25, 0.3) is 5.91 Å². The number of hydrogen-bond donors (Lipinski definition) is 0. The highest BCUT2D eigenvalue weighted by molar-refractivity contribution is 5.95. The fraction of sp³-hybridized carbons (Fsp3) is 0.267. The lowest BCUT2D eigenvalue weighted by Gasteiger charge is -2.09. The summed E-state index contributed by atoms with van der Waals surface area (Å²) in [7, 11) is 0. The smallest absolute Gasteiger partial charge is 0.416 e. The van der Waals surface area contributed by atoms with Gasteiger partial charge in [-0.1, -0.05) is 29.8 Å². The van der Waals surface area contributed by atoms with E-state index in [1.54, 1.807) is 6.08 Å². The van der Waals surface area contributed by atoms with Crippen LogP contribution < -0.4 is 0 Å². The van der Waals surface area contributed by atoms with Crippen LogP contribution in [-0.2, 0) is 19.1 Å². The molecule has 1 fully saturated rings. The third kappa shape index (κ3) is 4.17. The number of esters is 1. The molecule has 6 heteroatoms. The third-order valence-corrected chi connectivity index (χ3v) is 2.89. The van der Waals surface area contributed by atoms with Crippen LogP contribution in [0.1, 0.15) is 11.1 Å². The van der Waals surface area contributed by atoms with Crippen molar-refractivity contribution in [2.45, 2.75) is 6.92 Å². The second kappa shape index (κ2) is 6.69. The number of nitrogens with zero attached hydrogens (tertiary/aromatic N) is 1. The van der Waals surface area contributed by atoms with Gasteiger partial charge in [0.05, 0.1) is 6.54 Å². The van der Waals surface area contributed by atoms with Crippen molar-refractivity contribution in [2.75, 3.05) is 19.8 Å². The van der Waals surface area contributed by atoms with Gasteiger partial charge in [-0.25, -0.2) is 14.5 Å². The molecule has 21 heavy (non-hydrogen) atoms. The summed E-state index contributed by atoms with van der Waals surface area (Å²) in [5.41, 5.74) is 1.98. The van der Waals surface area contributed by atoms with Crippen LogP contribution >= 0.6 is 0 Å². The molecular formula is C15H15NO5. The van der Waals surface area contributed by atoms with E-state index in [1.807, 2.05) is 31.2 Å². The van der Waals surface area contributed by atoms with Crippen molar-refractivity contribution < 1.29 is 23.9 Å². The second-order valence-corrected chi connectivity index (χ2v) is 4.51. The van der Waals surface area contributed by atoms with Gasteiger partial charge in [0.15, 0.2) is 6.61 Å². The van der Waals surface area contributed by atoms with E-state index in [4.69, 9.17) is 4.74 Å². The molecule has 1 aromatic rings. The number of amides is 2. The summed E-state index contributed by atoms with van der Waals surface area (Å²) in [5, 5.41) is 0. The number of benzene rings is 1. The summed E-state index contributed by atoms with van der Waals surface area (Å²) < 4.78 is 9.41. The molecule has 1 heterocycles. The summed E-state index contributed by atoms with van der Waals surface area (Å²) in [5.74, 6) is -1.23. The molecule has 1 aliphatic heterocycles. The van der Waals surface area contributed by atoms with E-state index in [2.05, 4.69) is 4.74 Å². The van der Waals surface area contributed by atoms with E-state index in [0.29, 0.717) is 0 Å². The van der Waals surface area contributed by atoms with Crippen LogP contribution in [0, 0.1) is 6.92 Å². The van der Waals surface area contributed by atoms with Crippen LogP contribution in [0.4, 0.5) is 4.79 Å². The number of imide groups is 1. The van der Waals surface area contributed by atoms with E-state index in [0.717, 1.165) is 16.0 Å². The lowest BCUT2D eigenvalue weighted by Crippen LogP contribution is -2.35. The highest BCUT2D eigenvalue weighted by atomic mass is 16.6. The number of hydrogen-bond acceptors (Lipinski definition) is 5. The van der Waals surface area contributed by atoms with Crippen molar-refractivity contribution in [3.05, 3.63) is 41.5 Å². The van der Waals surface area contributed by atoms with Crippen LogP contribution in [-0.4, -0.2) is 42.6 Å². The average molecular weight is 289 g/mol. The Bertz CT molecular complexity index is 576. The molecule has 0 aliphatic carbocycles. The summed E-state index contributed by atoms with van der Waals surface area (Å²) in [6, 6.07) is 7.58. The van der Waals surface area contributed by atoms with Gasteiger partial charge in [0.2, 0.25) is 0 Å². The molecule has 2 rings (SSSR count). The lowest BCUT2D eigenvalue weighted by molar-refractivity contribution is -0.146. The monoisotopic (exact) mass is 289 g/mol. The summed E-state index contributed by atoms with van der Waals surface area (Å²) in [4.78, 5) is 35.1. The molecule has 0 spiro atoms. The highest BCUT2D eigenvalue weighted by Gasteiger charge is 2.28. The van der Waals surface area contributed by atoms with Crippen LogP contribution in [0.2, 0.25) is 0 Å². The first-order valence-corrected chi connectivity index (χ1v) is 6.45. The van der Waals surface area contributed by atoms with E-state index in [9.17, 15) is 14.4 Å². The van der Waals surface area contributed by atoms with E-state index in [1.165, 1.54) is 6.08 Å². The molecule has 0 radical (unpaired) electrons. The van der Waals surface area contributed by atoms with Crippen LogP contribution in [0.25, 0.3) is 6.08 Å². The molecule has 110 valence electrons. The lowest BCUT2D eigenvalue weighted by atomic mass is 10.1. The SMILES string of the molecule is Cc1ccc(/C=C/C(=O)OCC(=O)N2CCOC2=O)cc1. The Balaban J connectivity index is 1.80. The first-order valence-electron chi connectivity index (χ1n) is 6.45. The minimum absolute atomic E-state index is 0.172. The summed E-state index contributed by atoms with van der Waals surface area (Å²) in [6.07, 6.45) is 2.13. The maximum absolute atomic E-state index is 11.6. The molecule has 0 bridgehead atoms. The molecule has 1 aromatic carbocycles. The van der Waals surface area contributed by atoms with Gasteiger partial charge in [-0.05, 0) is 18.6 Å². The fourth-order valence-electron chi connectivity index (χ4n) is 1.72. The fourth-order valence-corrected chi connectivity index (χ4v) is 1.72. The van der Waals surface area contributed by atoms with E-state index < -0.39 is 24.6 Å². The average Bonchev–Trinajstić information content (AvgIpc) is 2.90. The van der Waals surface area contributed by atoms with Crippen LogP contribution in [0.15, 0.2) is 30.3 Å². The van der Waals surface area contributed by atoms with E-state index >= 15 is 0 Å². The van der Waals surface area contributed by atoms with Crippen molar-refractivity contribution in [1.82, 2.24) is 4.90 Å². The number of rotatable bonds is 4. The van der Waals surface area contributed by atoms with Crippen LogP contribution in [0.5, 0.6) is 0 Å². The topological polar surface area (TPSA) is 72.9 Å². The minimum atomic E-state index is -0.703. The number of carbonyl (C=O) groups is 3. The van der Waals surface area contributed by atoms with Crippen molar-refractivity contribution in [2.24, 2.45) is 0 Å². The van der Waals surface area contributed by atoms with Gasteiger partial charge in [-0.2, -0.15) is 0 Å². The zero-order valence-corrected chi connectivity index (χ0v) is 11.6. The van der Waals surface area contributed by atoms with Crippen molar-refractivity contribution in [3.8, 4) is 0 Å².